The molecule has 25 heavy (non-hydrogen) atoms. The van der Waals surface area contributed by atoms with Gasteiger partial charge in [0.25, 0.3) is 21.2 Å². The molecule has 4 heteroatoms. The van der Waals surface area contributed by atoms with E-state index in [2.05, 4.69) is 39.6 Å². The van der Waals surface area contributed by atoms with E-state index in [0.29, 0.717) is 6.42 Å². The molecule has 0 bridgehead atoms. The first kappa shape index (κ1) is 22.9. The second-order valence-corrected chi connectivity index (χ2v) is 11.9. The fourth-order valence-electron chi connectivity index (χ4n) is 3.10. The van der Waals surface area contributed by atoms with Gasteiger partial charge in [0.2, 0.25) is 5.91 Å². The highest BCUT2D eigenvalue weighted by Gasteiger charge is 2.30. The summed E-state index contributed by atoms with van der Waals surface area (Å²) >= 11 is 0.143. The number of rotatable bonds is 12. The SMILES string of the molecule is C=C1CCCC1CCCCC(=O)NCC(C)(C)C[I+]CC(C)(C)CN. The summed E-state index contributed by atoms with van der Waals surface area (Å²) in [6.45, 7) is 14.8. The topological polar surface area (TPSA) is 55.1 Å². The van der Waals surface area contributed by atoms with Crippen LogP contribution in [0.3, 0.4) is 0 Å². The largest absolute Gasteiger partial charge is 0.355 e. The number of amides is 1. The minimum Gasteiger partial charge on any atom is -0.355 e. The lowest BCUT2D eigenvalue weighted by molar-refractivity contribution is -0.675. The van der Waals surface area contributed by atoms with E-state index in [9.17, 15) is 4.79 Å². The van der Waals surface area contributed by atoms with E-state index in [1.807, 2.05) is 0 Å². The summed E-state index contributed by atoms with van der Waals surface area (Å²) in [4.78, 5) is 12.1. The lowest BCUT2D eigenvalue weighted by Crippen LogP contribution is -3.64. The maximum absolute atomic E-state index is 12.1. The molecule has 1 aliphatic rings. The van der Waals surface area contributed by atoms with Crippen molar-refractivity contribution in [2.45, 2.75) is 72.6 Å². The van der Waals surface area contributed by atoms with Crippen molar-refractivity contribution in [3.8, 4) is 0 Å². The first-order valence-electron chi connectivity index (χ1n) is 9.83. The fourth-order valence-corrected chi connectivity index (χ4v) is 6.87. The monoisotopic (exact) mass is 463 g/mol. The second-order valence-electron chi connectivity index (χ2n) is 9.26. The molecule has 0 spiro atoms. The molecule has 1 saturated carbocycles. The minimum atomic E-state index is 0.143. The van der Waals surface area contributed by atoms with Gasteiger partial charge in [0, 0.05) is 30.3 Å². The molecule has 1 unspecified atom stereocenters. The Morgan fingerprint density at radius 1 is 1.24 bits per heavy atom. The number of nitrogens with one attached hydrogen (secondary N) is 1. The number of nitrogens with two attached hydrogens (primary N) is 1. The van der Waals surface area contributed by atoms with E-state index in [4.69, 9.17) is 5.73 Å². The Labute approximate surface area is 166 Å². The van der Waals surface area contributed by atoms with Crippen molar-refractivity contribution < 1.29 is 26.0 Å². The molecule has 0 aromatic carbocycles. The summed E-state index contributed by atoms with van der Waals surface area (Å²) in [7, 11) is 0. The van der Waals surface area contributed by atoms with Crippen LogP contribution in [0.25, 0.3) is 0 Å². The number of carbonyl (C=O) groups is 1. The van der Waals surface area contributed by atoms with E-state index in [1.165, 1.54) is 40.1 Å². The van der Waals surface area contributed by atoms with Crippen molar-refractivity contribution in [1.82, 2.24) is 5.32 Å². The fraction of sp³-hybridized carbons (Fsp3) is 0.857. The molecule has 1 rings (SSSR count). The van der Waals surface area contributed by atoms with Gasteiger partial charge in [0.1, 0.15) is 4.43 Å². The smallest absolute Gasteiger partial charge is 0.269 e. The van der Waals surface area contributed by atoms with Gasteiger partial charge >= 0.3 is 0 Å². The van der Waals surface area contributed by atoms with Crippen LogP contribution in [0.4, 0.5) is 0 Å². The Kier molecular flexibility index (Phi) is 10.0. The van der Waals surface area contributed by atoms with E-state index in [1.54, 1.807) is 0 Å². The van der Waals surface area contributed by atoms with Crippen LogP contribution in [0.5, 0.6) is 0 Å². The number of hydrogen-bond donors (Lipinski definition) is 2. The Morgan fingerprint density at radius 3 is 2.52 bits per heavy atom. The van der Waals surface area contributed by atoms with Gasteiger partial charge in [-0.3, -0.25) is 4.79 Å². The molecule has 1 atom stereocenters. The van der Waals surface area contributed by atoms with E-state index >= 15 is 0 Å². The maximum atomic E-state index is 12.1. The zero-order valence-electron chi connectivity index (χ0n) is 16.9. The first-order valence-corrected chi connectivity index (χ1v) is 12.9. The highest BCUT2D eigenvalue weighted by Crippen LogP contribution is 2.33. The number of alkyl halides is 2. The van der Waals surface area contributed by atoms with Crippen molar-refractivity contribution in [3.63, 3.8) is 0 Å². The van der Waals surface area contributed by atoms with Crippen LogP contribution in [-0.4, -0.2) is 27.9 Å². The highest BCUT2D eigenvalue weighted by atomic mass is 127. The van der Waals surface area contributed by atoms with Gasteiger partial charge in [-0.25, -0.2) is 0 Å². The van der Waals surface area contributed by atoms with Gasteiger partial charge in [0.05, 0.1) is 0 Å². The minimum absolute atomic E-state index is 0.143. The van der Waals surface area contributed by atoms with Crippen LogP contribution < -0.4 is 32.3 Å². The quantitative estimate of drug-likeness (QED) is 0.197. The molecule has 0 aliphatic heterocycles. The predicted octanol–water partition coefficient (Wildman–Crippen LogP) is 1.12. The molecule has 1 amide bonds. The van der Waals surface area contributed by atoms with Gasteiger partial charge in [-0.2, -0.15) is 0 Å². The molecule has 146 valence electrons. The molecule has 0 saturated heterocycles. The normalized spacial score (nSPS) is 18.6. The van der Waals surface area contributed by atoms with E-state index < -0.39 is 0 Å². The third kappa shape index (κ3) is 9.97. The van der Waals surface area contributed by atoms with Crippen LogP contribution in [-0.2, 0) is 4.79 Å². The Bertz CT molecular complexity index is 432. The molecule has 3 nitrogen and oxygen atoms in total. The van der Waals surface area contributed by atoms with Crippen LogP contribution in [0.15, 0.2) is 12.2 Å². The molecular weight excluding hydrogens is 423 g/mol. The van der Waals surface area contributed by atoms with Gasteiger partial charge in [-0.1, -0.05) is 46.3 Å². The standard InChI is InChI=1S/C21H39IN2O/c1-17-9-8-11-18(17)10-6-7-12-19(25)24-16-21(4,5)14-22-13-20(2,3)15-23/h18H,1,6-16,23H2,2-5H3/p+1. The predicted molar refractivity (Wildman–Crippen MR) is 104 cm³/mol. The van der Waals surface area contributed by atoms with Crippen molar-refractivity contribution in [2.75, 3.05) is 21.9 Å². The zero-order valence-corrected chi connectivity index (χ0v) is 19.1. The average molecular weight is 463 g/mol. The average Bonchev–Trinajstić information content (AvgIpc) is 2.94. The Morgan fingerprint density at radius 2 is 1.92 bits per heavy atom. The van der Waals surface area contributed by atoms with E-state index in [0.717, 1.165) is 31.8 Å². The lowest BCUT2D eigenvalue weighted by Gasteiger charge is -2.21. The van der Waals surface area contributed by atoms with Gasteiger partial charge in [-0.15, -0.1) is 0 Å². The van der Waals surface area contributed by atoms with Crippen LogP contribution in [0, 0.1) is 16.7 Å². The third-order valence-corrected chi connectivity index (χ3v) is 10.3. The van der Waals surface area contributed by atoms with Crippen molar-refractivity contribution in [3.05, 3.63) is 12.2 Å². The molecule has 3 N–H and O–H groups in total. The lowest BCUT2D eigenvalue weighted by atomic mass is 9.96. The summed E-state index contributed by atoms with van der Waals surface area (Å²) < 4.78 is 2.49. The number of carbonyl (C=O) groups excluding carboxylic acids is 1. The maximum Gasteiger partial charge on any atom is 0.269 e. The van der Waals surface area contributed by atoms with Crippen molar-refractivity contribution in [1.29, 1.82) is 0 Å². The number of halogens is 1. The summed E-state index contributed by atoms with van der Waals surface area (Å²) in [6, 6.07) is 0. The van der Waals surface area contributed by atoms with Gasteiger partial charge < -0.3 is 11.1 Å². The summed E-state index contributed by atoms with van der Waals surface area (Å²) in [5.74, 6) is 0.947. The Balaban J connectivity index is 2.11. The number of unbranched alkanes of at least 4 members (excludes halogenated alkanes) is 1. The van der Waals surface area contributed by atoms with Crippen LogP contribution in [0.2, 0.25) is 0 Å². The molecular formula is C21H40IN2O+. The number of hydrogen-bond acceptors (Lipinski definition) is 2. The zero-order chi connectivity index (χ0) is 18.9. The summed E-state index contributed by atoms with van der Waals surface area (Å²) in [5, 5.41) is 3.16. The molecule has 0 aromatic rings. The highest BCUT2D eigenvalue weighted by molar-refractivity contribution is 5.75. The summed E-state index contributed by atoms with van der Waals surface area (Å²) in [5.41, 5.74) is 7.73. The molecule has 0 aromatic heterocycles. The first-order chi connectivity index (χ1) is 11.7. The van der Waals surface area contributed by atoms with Crippen molar-refractivity contribution >= 4 is 5.91 Å². The summed E-state index contributed by atoms with van der Waals surface area (Å²) in [6.07, 6.45) is 7.88. The van der Waals surface area contributed by atoms with Crippen LogP contribution >= 0.6 is 0 Å². The molecule has 1 fully saturated rings. The van der Waals surface area contributed by atoms with Gasteiger partial charge in [-0.05, 0) is 38.0 Å². The number of allylic oxidation sites excluding steroid dienone is 1. The molecule has 1 aliphatic carbocycles. The molecule has 0 heterocycles. The van der Waals surface area contributed by atoms with Crippen LogP contribution in [0.1, 0.15) is 72.6 Å². The van der Waals surface area contributed by atoms with E-state index in [-0.39, 0.29) is 37.9 Å². The van der Waals surface area contributed by atoms with Gasteiger partial charge in [0.15, 0.2) is 4.43 Å². The Hall–Kier alpha value is -0.100. The van der Waals surface area contributed by atoms with Crippen molar-refractivity contribution in [2.24, 2.45) is 22.5 Å². The molecule has 0 radical (unpaired) electrons. The second kappa shape index (κ2) is 10.9. The third-order valence-electron chi connectivity index (χ3n) is 5.06.